The standard InChI is InChI=1S/C22H25N3O5S/c1-16(26)3-10-21(27)24-11-13-25(14-12-24)22(28)20-9-6-18(15-23-20)17-4-7-19(8-5-17)31(2,29)30/h4-9,15H,3,10-14H2,1-2H3. The molecule has 2 amide bonds. The van der Waals surface area contributed by atoms with Crippen molar-refractivity contribution in [2.24, 2.45) is 0 Å². The Hall–Kier alpha value is -3.07. The molecule has 1 fully saturated rings. The third kappa shape index (κ3) is 5.75. The highest BCUT2D eigenvalue weighted by atomic mass is 32.2. The zero-order valence-electron chi connectivity index (χ0n) is 17.6. The molecular weight excluding hydrogens is 418 g/mol. The van der Waals surface area contributed by atoms with E-state index >= 15 is 0 Å². The molecule has 0 radical (unpaired) electrons. The molecule has 8 nitrogen and oxygen atoms in total. The van der Waals surface area contributed by atoms with Gasteiger partial charge in [-0.05, 0) is 30.7 Å². The van der Waals surface area contributed by atoms with Gasteiger partial charge >= 0.3 is 0 Å². The Balaban J connectivity index is 1.60. The third-order valence-electron chi connectivity index (χ3n) is 5.21. The van der Waals surface area contributed by atoms with Crippen molar-refractivity contribution in [3.8, 4) is 11.1 Å². The summed E-state index contributed by atoms with van der Waals surface area (Å²) in [7, 11) is -3.25. The Morgan fingerprint density at radius 3 is 1.97 bits per heavy atom. The Bertz CT molecular complexity index is 1070. The van der Waals surface area contributed by atoms with Crippen molar-refractivity contribution in [3.63, 3.8) is 0 Å². The first kappa shape index (κ1) is 22.6. The maximum Gasteiger partial charge on any atom is 0.272 e. The highest BCUT2D eigenvalue weighted by Crippen LogP contribution is 2.21. The number of aromatic nitrogens is 1. The molecule has 1 aliphatic rings. The van der Waals surface area contributed by atoms with Gasteiger partial charge in [0.05, 0.1) is 4.90 Å². The number of sulfone groups is 1. The molecule has 1 saturated heterocycles. The van der Waals surface area contributed by atoms with Crippen LogP contribution in [0.3, 0.4) is 0 Å². The molecule has 2 heterocycles. The molecule has 0 bridgehead atoms. The average molecular weight is 444 g/mol. The second-order valence-electron chi connectivity index (χ2n) is 7.60. The number of nitrogens with zero attached hydrogens (tertiary/aromatic N) is 3. The fourth-order valence-corrected chi connectivity index (χ4v) is 3.98. The van der Waals surface area contributed by atoms with Crippen LogP contribution in [-0.2, 0) is 19.4 Å². The number of amides is 2. The minimum atomic E-state index is -3.25. The van der Waals surface area contributed by atoms with Crippen LogP contribution in [0, 0.1) is 0 Å². The number of benzene rings is 1. The summed E-state index contributed by atoms with van der Waals surface area (Å²) in [6.07, 6.45) is 3.19. The summed E-state index contributed by atoms with van der Waals surface area (Å²) in [6, 6.07) is 9.92. The molecule has 31 heavy (non-hydrogen) atoms. The lowest BCUT2D eigenvalue weighted by Crippen LogP contribution is -2.50. The summed E-state index contributed by atoms with van der Waals surface area (Å²) in [6.45, 7) is 3.18. The normalized spacial score (nSPS) is 14.4. The van der Waals surface area contributed by atoms with Crippen LogP contribution in [0.5, 0.6) is 0 Å². The lowest BCUT2D eigenvalue weighted by atomic mass is 10.1. The van der Waals surface area contributed by atoms with Gasteiger partial charge in [-0.15, -0.1) is 0 Å². The predicted molar refractivity (Wildman–Crippen MR) is 115 cm³/mol. The molecule has 1 aromatic carbocycles. The van der Waals surface area contributed by atoms with Crippen molar-refractivity contribution in [2.75, 3.05) is 32.4 Å². The Labute approximate surface area is 181 Å². The average Bonchev–Trinajstić information content (AvgIpc) is 2.76. The van der Waals surface area contributed by atoms with E-state index < -0.39 is 9.84 Å². The van der Waals surface area contributed by atoms with E-state index in [2.05, 4.69) is 4.98 Å². The Morgan fingerprint density at radius 1 is 0.871 bits per heavy atom. The minimum Gasteiger partial charge on any atom is -0.339 e. The zero-order chi connectivity index (χ0) is 22.6. The van der Waals surface area contributed by atoms with E-state index in [-0.39, 0.29) is 35.3 Å². The van der Waals surface area contributed by atoms with Crippen molar-refractivity contribution >= 4 is 27.4 Å². The second kappa shape index (κ2) is 9.38. The maximum atomic E-state index is 12.7. The van der Waals surface area contributed by atoms with Gasteiger partial charge in [0.15, 0.2) is 9.84 Å². The molecule has 1 aliphatic heterocycles. The van der Waals surface area contributed by atoms with E-state index in [0.29, 0.717) is 31.9 Å². The topological polar surface area (TPSA) is 105 Å². The summed E-state index contributed by atoms with van der Waals surface area (Å²) in [5, 5.41) is 0. The van der Waals surface area contributed by atoms with Crippen LogP contribution >= 0.6 is 0 Å². The molecule has 0 unspecified atom stereocenters. The van der Waals surface area contributed by atoms with Gasteiger partial charge in [0.1, 0.15) is 11.5 Å². The van der Waals surface area contributed by atoms with Crippen LogP contribution < -0.4 is 0 Å². The van der Waals surface area contributed by atoms with Gasteiger partial charge in [0.25, 0.3) is 5.91 Å². The molecule has 164 valence electrons. The minimum absolute atomic E-state index is 0.0111. The van der Waals surface area contributed by atoms with Crippen LogP contribution in [0.15, 0.2) is 47.5 Å². The summed E-state index contributed by atoms with van der Waals surface area (Å²) < 4.78 is 23.2. The number of hydrogen-bond acceptors (Lipinski definition) is 6. The predicted octanol–water partition coefficient (Wildman–Crippen LogP) is 1.81. The molecule has 3 rings (SSSR count). The highest BCUT2D eigenvalue weighted by molar-refractivity contribution is 7.90. The molecule has 1 aromatic heterocycles. The van der Waals surface area contributed by atoms with Gasteiger partial charge in [-0.1, -0.05) is 18.2 Å². The molecular formula is C22H25N3O5S. The molecule has 0 saturated carbocycles. The SMILES string of the molecule is CC(=O)CCC(=O)N1CCN(C(=O)c2ccc(-c3ccc(S(C)(=O)=O)cc3)cn2)CC1. The van der Waals surface area contributed by atoms with Crippen molar-refractivity contribution < 1.29 is 22.8 Å². The molecule has 0 spiro atoms. The third-order valence-corrected chi connectivity index (χ3v) is 6.34. The first-order valence-corrected chi connectivity index (χ1v) is 11.9. The lowest BCUT2D eigenvalue weighted by Gasteiger charge is -2.34. The first-order chi connectivity index (χ1) is 14.6. The van der Waals surface area contributed by atoms with E-state index in [1.54, 1.807) is 52.4 Å². The second-order valence-corrected chi connectivity index (χ2v) is 9.62. The van der Waals surface area contributed by atoms with Crippen LogP contribution in [-0.4, -0.2) is 73.2 Å². The van der Waals surface area contributed by atoms with Crippen molar-refractivity contribution in [2.45, 2.75) is 24.7 Å². The zero-order valence-corrected chi connectivity index (χ0v) is 18.4. The summed E-state index contributed by atoms with van der Waals surface area (Å²) in [5.74, 6) is -0.274. The lowest BCUT2D eigenvalue weighted by molar-refractivity contribution is -0.134. The van der Waals surface area contributed by atoms with Gasteiger partial charge in [0, 0.05) is 57.0 Å². The molecule has 0 aliphatic carbocycles. The number of piperazine rings is 1. The number of hydrogen-bond donors (Lipinski definition) is 0. The van der Waals surface area contributed by atoms with Gasteiger partial charge in [0.2, 0.25) is 5.91 Å². The number of carbonyl (C=O) groups is 3. The van der Waals surface area contributed by atoms with Crippen LogP contribution in [0.1, 0.15) is 30.3 Å². The summed E-state index contributed by atoms with van der Waals surface area (Å²) in [5.41, 5.74) is 1.89. The van der Waals surface area contributed by atoms with Crippen molar-refractivity contribution in [1.82, 2.24) is 14.8 Å². The van der Waals surface area contributed by atoms with Gasteiger partial charge < -0.3 is 14.6 Å². The number of pyridine rings is 1. The fourth-order valence-electron chi connectivity index (χ4n) is 3.35. The van der Waals surface area contributed by atoms with Gasteiger partial charge in [-0.25, -0.2) is 8.42 Å². The van der Waals surface area contributed by atoms with Crippen molar-refractivity contribution in [1.29, 1.82) is 0 Å². The number of Topliss-reactive ketones (excluding diaryl/α,β-unsaturated/α-hetero) is 1. The van der Waals surface area contributed by atoms with Crippen LogP contribution in [0.25, 0.3) is 11.1 Å². The van der Waals surface area contributed by atoms with Gasteiger partial charge in [-0.3, -0.25) is 14.6 Å². The first-order valence-electron chi connectivity index (χ1n) is 9.98. The largest absolute Gasteiger partial charge is 0.339 e. The van der Waals surface area contributed by atoms with Crippen molar-refractivity contribution in [3.05, 3.63) is 48.3 Å². The molecule has 0 N–H and O–H groups in total. The fraction of sp³-hybridized carbons (Fsp3) is 0.364. The van der Waals surface area contributed by atoms with E-state index in [1.807, 2.05) is 0 Å². The van der Waals surface area contributed by atoms with E-state index in [0.717, 1.165) is 17.4 Å². The summed E-state index contributed by atoms with van der Waals surface area (Å²) >= 11 is 0. The quantitative estimate of drug-likeness (QED) is 0.674. The van der Waals surface area contributed by atoms with Crippen LogP contribution in [0.2, 0.25) is 0 Å². The van der Waals surface area contributed by atoms with E-state index in [1.165, 1.54) is 6.92 Å². The monoisotopic (exact) mass is 443 g/mol. The maximum absolute atomic E-state index is 12.7. The van der Waals surface area contributed by atoms with E-state index in [9.17, 15) is 22.8 Å². The highest BCUT2D eigenvalue weighted by Gasteiger charge is 2.25. The molecule has 9 heteroatoms. The van der Waals surface area contributed by atoms with Crippen LogP contribution in [0.4, 0.5) is 0 Å². The number of ketones is 1. The Morgan fingerprint density at radius 2 is 1.45 bits per heavy atom. The summed E-state index contributed by atoms with van der Waals surface area (Å²) in [4.78, 5) is 43.8. The number of rotatable bonds is 6. The number of carbonyl (C=O) groups excluding carboxylic acids is 3. The Kier molecular flexibility index (Phi) is 6.84. The van der Waals surface area contributed by atoms with E-state index in [4.69, 9.17) is 0 Å². The molecule has 2 aromatic rings. The molecule has 0 atom stereocenters. The smallest absolute Gasteiger partial charge is 0.272 e. The van der Waals surface area contributed by atoms with Gasteiger partial charge in [-0.2, -0.15) is 0 Å².